The van der Waals surface area contributed by atoms with Crippen LogP contribution in [0.5, 0.6) is 23.0 Å². The molecule has 0 aliphatic heterocycles. The summed E-state index contributed by atoms with van der Waals surface area (Å²) in [4.78, 5) is 15.6. The third-order valence-corrected chi connectivity index (χ3v) is 4.17. The molecule has 0 unspecified atom stereocenters. The summed E-state index contributed by atoms with van der Waals surface area (Å²) in [7, 11) is 0. The topological polar surface area (TPSA) is 48.4 Å². The first-order chi connectivity index (χ1) is 11.7. The van der Waals surface area contributed by atoms with Crippen molar-refractivity contribution in [2.45, 2.75) is 0 Å². The third-order valence-electron chi connectivity index (χ3n) is 3.12. The quantitative estimate of drug-likeness (QED) is 0.449. The summed E-state index contributed by atoms with van der Waals surface area (Å²) in [5.74, 6) is 1.87. The van der Waals surface area contributed by atoms with Gasteiger partial charge in [0.1, 0.15) is 17.1 Å². The van der Waals surface area contributed by atoms with Gasteiger partial charge >= 0.3 is 0 Å². The summed E-state index contributed by atoms with van der Waals surface area (Å²) in [6.07, 6.45) is 3.67. The maximum atomic E-state index is 11.5. The van der Waals surface area contributed by atoms with Gasteiger partial charge in [-0.3, -0.25) is 9.78 Å². The molecule has 0 fully saturated rings. The minimum atomic E-state index is 0.302. The predicted molar refractivity (Wildman–Crippen MR) is 98.1 cm³/mol. The van der Waals surface area contributed by atoms with Crippen LogP contribution in [0.15, 0.2) is 69.9 Å². The highest BCUT2D eigenvalue weighted by Gasteiger charge is 2.13. The van der Waals surface area contributed by atoms with Crippen LogP contribution in [0.25, 0.3) is 0 Å². The van der Waals surface area contributed by atoms with Crippen molar-refractivity contribution in [1.82, 2.24) is 4.98 Å². The first-order valence-corrected chi connectivity index (χ1v) is 8.54. The Balaban J connectivity index is 1.89. The lowest BCUT2D eigenvalue weighted by Gasteiger charge is -2.12. The van der Waals surface area contributed by atoms with E-state index in [1.165, 1.54) is 12.4 Å². The largest absolute Gasteiger partial charge is 0.455 e. The fourth-order valence-electron chi connectivity index (χ4n) is 1.97. The second-order valence-corrected chi connectivity index (χ2v) is 6.61. The zero-order chi connectivity index (χ0) is 16.9. The number of pyridine rings is 1. The molecule has 0 atom stereocenters. The van der Waals surface area contributed by atoms with Gasteiger partial charge < -0.3 is 9.47 Å². The minimum absolute atomic E-state index is 0.302. The molecule has 0 spiro atoms. The van der Waals surface area contributed by atoms with Gasteiger partial charge in [0.2, 0.25) is 0 Å². The molecule has 0 saturated heterocycles. The molecule has 0 bridgehead atoms. The summed E-state index contributed by atoms with van der Waals surface area (Å²) < 4.78 is 13.4. The first-order valence-electron chi connectivity index (χ1n) is 6.96. The molecule has 0 aliphatic carbocycles. The Labute approximate surface area is 155 Å². The molecule has 1 heterocycles. The van der Waals surface area contributed by atoms with Crippen LogP contribution >= 0.6 is 31.9 Å². The lowest BCUT2D eigenvalue weighted by Crippen LogP contribution is -1.96. The first kappa shape index (κ1) is 16.7. The Kier molecular flexibility index (Phi) is 5.27. The van der Waals surface area contributed by atoms with E-state index in [9.17, 15) is 4.79 Å². The molecule has 0 aliphatic rings. The van der Waals surface area contributed by atoms with Crippen molar-refractivity contribution in [3.05, 3.63) is 75.4 Å². The van der Waals surface area contributed by atoms with Gasteiger partial charge in [0.05, 0.1) is 12.4 Å². The van der Waals surface area contributed by atoms with E-state index in [4.69, 9.17) is 9.47 Å². The van der Waals surface area contributed by atoms with Crippen LogP contribution in [0.4, 0.5) is 0 Å². The van der Waals surface area contributed by atoms with Gasteiger partial charge in [0.25, 0.3) is 0 Å². The second-order valence-electron chi connectivity index (χ2n) is 4.78. The Hall–Kier alpha value is -2.18. The van der Waals surface area contributed by atoms with Gasteiger partial charge in [0.15, 0.2) is 17.8 Å². The van der Waals surface area contributed by atoms with Crippen LogP contribution in [-0.4, -0.2) is 11.3 Å². The number of halogens is 2. The van der Waals surface area contributed by atoms with E-state index < -0.39 is 0 Å². The molecule has 3 rings (SSSR count). The maximum absolute atomic E-state index is 11.5. The number of carbonyl (C=O) groups excluding carboxylic acids is 1. The molecule has 0 radical (unpaired) electrons. The lowest BCUT2D eigenvalue weighted by atomic mass is 10.2. The molecule has 4 nitrogen and oxygen atoms in total. The highest BCUT2D eigenvalue weighted by molar-refractivity contribution is 9.10. The highest BCUT2D eigenvalue weighted by atomic mass is 79.9. The number of aldehydes is 1. The van der Waals surface area contributed by atoms with Crippen LogP contribution in [-0.2, 0) is 0 Å². The van der Waals surface area contributed by atoms with Crippen LogP contribution in [0.3, 0.4) is 0 Å². The van der Waals surface area contributed by atoms with E-state index in [1.807, 2.05) is 24.3 Å². The van der Waals surface area contributed by atoms with E-state index in [0.717, 1.165) is 8.95 Å². The van der Waals surface area contributed by atoms with E-state index in [-0.39, 0.29) is 0 Å². The SMILES string of the molecule is O=Cc1c(Oc2ccc(Br)cc2)cncc1Oc1ccc(Br)cc1. The van der Waals surface area contributed by atoms with Crippen LogP contribution in [0.2, 0.25) is 0 Å². The summed E-state index contributed by atoms with van der Waals surface area (Å²) in [5.41, 5.74) is 0.302. The molecule has 1 aromatic heterocycles. The number of carbonyl (C=O) groups is 1. The lowest BCUT2D eigenvalue weighted by molar-refractivity contribution is 0.111. The zero-order valence-electron chi connectivity index (χ0n) is 12.3. The Morgan fingerprint density at radius 1 is 0.750 bits per heavy atom. The van der Waals surface area contributed by atoms with Gasteiger partial charge in [-0.2, -0.15) is 0 Å². The smallest absolute Gasteiger partial charge is 0.159 e. The third kappa shape index (κ3) is 4.01. The van der Waals surface area contributed by atoms with Crippen LogP contribution in [0, 0.1) is 0 Å². The number of hydrogen-bond donors (Lipinski definition) is 0. The molecule has 0 amide bonds. The number of hydrogen-bond acceptors (Lipinski definition) is 4. The monoisotopic (exact) mass is 447 g/mol. The van der Waals surface area contributed by atoms with E-state index in [2.05, 4.69) is 36.8 Å². The van der Waals surface area contributed by atoms with Crippen LogP contribution < -0.4 is 9.47 Å². The van der Waals surface area contributed by atoms with E-state index in [0.29, 0.717) is 34.8 Å². The molecule has 0 saturated carbocycles. The standard InChI is InChI=1S/C18H11Br2NO3/c19-12-1-5-14(6-2-12)23-17-9-21-10-18(16(17)11-22)24-15-7-3-13(20)4-8-15/h1-11H. The number of aromatic nitrogens is 1. The Bertz CT molecular complexity index is 783. The Morgan fingerprint density at radius 3 is 1.54 bits per heavy atom. The molecule has 3 aromatic rings. The number of nitrogens with zero attached hydrogens (tertiary/aromatic N) is 1. The van der Waals surface area contributed by atoms with Crippen molar-refractivity contribution in [3.8, 4) is 23.0 Å². The van der Waals surface area contributed by atoms with Crippen molar-refractivity contribution < 1.29 is 14.3 Å². The summed E-state index contributed by atoms with van der Waals surface area (Å²) >= 11 is 6.73. The van der Waals surface area contributed by atoms with Crippen molar-refractivity contribution in [1.29, 1.82) is 0 Å². The van der Waals surface area contributed by atoms with Gasteiger partial charge in [-0.1, -0.05) is 31.9 Å². The molecule has 120 valence electrons. The second kappa shape index (κ2) is 7.59. The highest BCUT2D eigenvalue weighted by Crippen LogP contribution is 2.33. The number of rotatable bonds is 5. The zero-order valence-corrected chi connectivity index (χ0v) is 15.5. The van der Waals surface area contributed by atoms with Gasteiger partial charge in [-0.15, -0.1) is 0 Å². The summed E-state index contributed by atoms with van der Waals surface area (Å²) in [5, 5.41) is 0. The van der Waals surface area contributed by atoms with E-state index in [1.54, 1.807) is 24.3 Å². The molecular formula is C18H11Br2NO3. The average molecular weight is 449 g/mol. The maximum Gasteiger partial charge on any atom is 0.159 e. The fraction of sp³-hybridized carbons (Fsp3) is 0. The van der Waals surface area contributed by atoms with Crippen molar-refractivity contribution in [2.75, 3.05) is 0 Å². The van der Waals surface area contributed by atoms with Crippen molar-refractivity contribution >= 4 is 38.1 Å². The minimum Gasteiger partial charge on any atom is -0.455 e. The average Bonchev–Trinajstić information content (AvgIpc) is 2.59. The molecular weight excluding hydrogens is 438 g/mol. The van der Waals surface area contributed by atoms with Gasteiger partial charge in [-0.25, -0.2) is 0 Å². The molecule has 0 N–H and O–H groups in total. The predicted octanol–water partition coefficient (Wildman–Crippen LogP) is 6.00. The van der Waals surface area contributed by atoms with Crippen LogP contribution in [0.1, 0.15) is 10.4 Å². The van der Waals surface area contributed by atoms with Crippen molar-refractivity contribution in [3.63, 3.8) is 0 Å². The molecule has 2 aromatic carbocycles. The van der Waals surface area contributed by atoms with Gasteiger partial charge in [0, 0.05) is 8.95 Å². The molecule has 6 heteroatoms. The normalized spacial score (nSPS) is 10.2. The number of benzene rings is 2. The van der Waals surface area contributed by atoms with Gasteiger partial charge in [-0.05, 0) is 48.5 Å². The van der Waals surface area contributed by atoms with E-state index >= 15 is 0 Å². The van der Waals surface area contributed by atoms with Crippen molar-refractivity contribution in [2.24, 2.45) is 0 Å². The molecule has 24 heavy (non-hydrogen) atoms. The Morgan fingerprint density at radius 2 is 1.17 bits per heavy atom. The number of ether oxygens (including phenoxy) is 2. The fourth-order valence-corrected chi connectivity index (χ4v) is 2.50. The summed E-state index contributed by atoms with van der Waals surface area (Å²) in [6, 6.07) is 14.6. The summed E-state index contributed by atoms with van der Waals surface area (Å²) in [6.45, 7) is 0.